The van der Waals surface area contributed by atoms with Crippen LogP contribution in [0.4, 0.5) is 22.7 Å². The van der Waals surface area contributed by atoms with Gasteiger partial charge in [0.25, 0.3) is 5.69 Å². The number of ether oxygens (including phenoxy) is 1. The Bertz CT molecular complexity index is 825. The highest BCUT2D eigenvalue weighted by molar-refractivity contribution is 5.67. The van der Waals surface area contributed by atoms with Gasteiger partial charge < -0.3 is 20.3 Å². The highest BCUT2D eigenvalue weighted by Crippen LogP contribution is 2.30. The van der Waals surface area contributed by atoms with Crippen LogP contribution in [0.2, 0.25) is 0 Å². The van der Waals surface area contributed by atoms with Crippen LogP contribution in [0, 0.1) is 10.1 Å². The number of hydrogen-bond acceptors (Lipinski definition) is 6. The van der Waals surface area contributed by atoms with E-state index in [1.807, 2.05) is 26.2 Å². The lowest BCUT2D eigenvalue weighted by Gasteiger charge is -2.40. The van der Waals surface area contributed by atoms with Crippen LogP contribution < -0.4 is 15.5 Å². The summed E-state index contributed by atoms with van der Waals surface area (Å²) < 4.78 is 6.07. The monoisotopic (exact) mass is 370 g/mol. The third kappa shape index (κ3) is 4.14. The molecule has 3 rings (SSSR count). The molecule has 0 spiro atoms. The normalized spacial score (nSPS) is 19.7. The molecule has 1 heterocycles. The van der Waals surface area contributed by atoms with Crippen LogP contribution >= 0.6 is 0 Å². The van der Waals surface area contributed by atoms with E-state index in [9.17, 15) is 10.1 Å². The van der Waals surface area contributed by atoms with Crippen molar-refractivity contribution in [2.24, 2.45) is 0 Å². The minimum atomic E-state index is -0.456. The van der Waals surface area contributed by atoms with E-state index in [1.54, 1.807) is 12.1 Å². The molecule has 1 aliphatic heterocycles. The van der Waals surface area contributed by atoms with Crippen molar-refractivity contribution < 1.29 is 9.66 Å². The second-order valence-corrected chi connectivity index (χ2v) is 7.18. The van der Waals surface area contributed by atoms with Crippen molar-refractivity contribution in [2.45, 2.75) is 25.5 Å². The predicted octanol–water partition coefficient (Wildman–Crippen LogP) is 3.08. The molecule has 27 heavy (non-hydrogen) atoms. The first-order valence-corrected chi connectivity index (χ1v) is 9.04. The fraction of sp³-hybridized carbons (Fsp3) is 0.400. The zero-order chi connectivity index (χ0) is 19.6. The van der Waals surface area contributed by atoms with Crippen LogP contribution in [0.5, 0.6) is 0 Å². The number of nitro benzene ring substituents is 1. The standard InChI is InChI=1S/C20H26N4O3/c1-14-13-27-17(10-15-6-4-5-7-19(15)22(2)3)12-23(14)16-8-9-20(24(25)26)18(21)11-16/h4-9,11,14,17H,10,12-13,21H2,1-3H3/t14-,17+/m0/s1. The smallest absolute Gasteiger partial charge is 0.292 e. The highest BCUT2D eigenvalue weighted by atomic mass is 16.6. The summed E-state index contributed by atoms with van der Waals surface area (Å²) in [6.45, 7) is 3.40. The largest absolute Gasteiger partial charge is 0.393 e. The summed E-state index contributed by atoms with van der Waals surface area (Å²) in [6, 6.07) is 13.4. The molecule has 2 aromatic carbocycles. The first-order chi connectivity index (χ1) is 12.9. The summed E-state index contributed by atoms with van der Waals surface area (Å²) >= 11 is 0. The molecule has 7 nitrogen and oxygen atoms in total. The molecule has 0 unspecified atom stereocenters. The van der Waals surface area contributed by atoms with Crippen molar-refractivity contribution in [3.8, 4) is 0 Å². The molecule has 0 aromatic heterocycles. The van der Waals surface area contributed by atoms with Gasteiger partial charge in [0.1, 0.15) is 5.69 Å². The summed E-state index contributed by atoms with van der Waals surface area (Å²) in [6.07, 6.45) is 0.846. The number of nitrogen functional groups attached to an aromatic ring is 1. The van der Waals surface area contributed by atoms with Gasteiger partial charge in [0, 0.05) is 50.5 Å². The summed E-state index contributed by atoms with van der Waals surface area (Å²) in [4.78, 5) is 14.9. The van der Waals surface area contributed by atoms with Gasteiger partial charge in [-0.3, -0.25) is 10.1 Å². The number of para-hydroxylation sites is 1. The lowest BCUT2D eigenvalue weighted by atomic mass is 10.0. The van der Waals surface area contributed by atoms with Gasteiger partial charge in [-0.15, -0.1) is 0 Å². The molecule has 2 atom stereocenters. The van der Waals surface area contributed by atoms with Crippen molar-refractivity contribution in [1.82, 2.24) is 0 Å². The first kappa shape index (κ1) is 19.0. The van der Waals surface area contributed by atoms with Gasteiger partial charge in [-0.25, -0.2) is 0 Å². The maximum atomic E-state index is 11.0. The molecular weight excluding hydrogens is 344 g/mol. The molecule has 0 amide bonds. The number of rotatable bonds is 5. The molecule has 7 heteroatoms. The second-order valence-electron chi connectivity index (χ2n) is 7.18. The van der Waals surface area contributed by atoms with Crippen molar-refractivity contribution in [2.75, 3.05) is 42.8 Å². The van der Waals surface area contributed by atoms with Gasteiger partial charge in [0.05, 0.1) is 17.6 Å². The maximum absolute atomic E-state index is 11.0. The Labute approximate surface area is 159 Å². The van der Waals surface area contributed by atoms with E-state index in [0.717, 1.165) is 12.1 Å². The Hall–Kier alpha value is -2.80. The molecule has 0 radical (unpaired) electrons. The summed E-state index contributed by atoms with van der Waals surface area (Å²) in [5.74, 6) is 0. The van der Waals surface area contributed by atoms with Gasteiger partial charge in [0.15, 0.2) is 0 Å². The van der Waals surface area contributed by atoms with Crippen LogP contribution in [0.1, 0.15) is 12.5 Å². The van der Waals surface area contributed by atoms with Crippen molar-refractivity contribution >= 4 is 22.7 Å². The molecule has 2 N–H and O–H groups in total. The Morgan fingerprint density at radius 1 is 1.30 bits per heavy atom. The fourth-order valence-electron chi connectivity index (χ4n) is 3.55. The Morgan fingerprint density at radius 2 is 2.04 bits per heavy atom. The van der Waals surface area contributed by atoms with Crippen LogP contribution in [0.15, 0.2) is 42.5 Å². The van der Waals surface area contributed by atoms with Crippen LogP contribution in [0.3, 0.4) is 0 Å². The topological polar surface area (TPSA) is 84.9 Å². The van der Waals surface area contributed by atoms with Gasteiger partial charge in [-0.2, -0.15) is 0 Å². The zero-order valence-electron chi connectivity index (χ0n) is 16.0. The summed E-state index contributed by atoms with van der Waals surface area (Å²) in [5, 5.41) is 11.0. The van der Waals surface area contributed by atoms with Gasteiger partial charge in [0.2, 0.25) is 0 Å². The number of anilines is 3. The van der Waals surface area contributed by atoms with E-state index in [-0.39, 0.29) is 23.5 Å². The van der Waals surface area contributed by atoms with Crippen molar-refractivity contribution in [1.29, 1.82) is 0 Å². The number of morpholine rings is 1. The minimum absolute atomic E-state index is 0.0405. The molecule has 0 saturated carbocycles. The number of nitrogens with zero attached hydrogens (tertiary/aromatic N) is 3. The lowest BCUT2D eigenvalue weighted by Crippen LogP contribution is -2.49. The SMILES string of the molecule is C[C@H]1CO[C@H](Cc2ccccc2N(C)C)CN1c1ccc([N+](=O)[O-])c(N)c1. The van der Waals surface area contributed by atoms with E-state index < -0.39 is 4.92 Å². The summed E-state index contributed by atoms with van der Waals surface area (Å²) in [5.41, 5.74) is 9.32. The van der Waals surface area contributed by atoms with E-state index in [1.165, 1.54) is 17.3 Å². The fourth-order valence-corrected chi connectivity index (χ4v) is 3.55. The Kier molecular flexibility index (Phi) is 5.51. The third-order valence-electron chi connectivity index (χ3n) is 4.97. The van der Waals surface area contributed by atoms with Crippen LogP contribution in [-0.2, 0) is 11.2 Å². The van der Waals surface area contributed by atoms with Crippen LogP contribution in [-0.4, -0.2) is 44.3 Å². The van der Waals surface area contributed by atoms with Gasteiger partial charge in [-0.1, -0.05) is 18.2 Å². The predicted molar refractivity (Wildman–Crippen MR) is 109 cm³/mol. The van der Waals surface area contributed by atoms with Crippen molar-refractivity contribution in [3.63, 3.8) is 0 Å². The maximum Gasteiger partial charge on any atom is 0.292 e. The minimum Gasteiger partial charge on any atom is -0.393 e. The Balaban J connectivity index is 1.79. The molecule has 0 bridgehead atoms. The molecular formula is C20H26N4O3. The highest BCUT2D eigenvalue weighted by Gasteiger charge is 2.28. The molecule has 144 valence electrons. The average molecular weight is 370 g/mol. The molecule has 1 saturated heterocycles. The molecule has 1 aliphatic rings. The van der Waals surface area contributed by atoms with E-state index in [0.29, 0.717) is 13.2 Å². The summed E-state index contributed by atoms with van der Waals surface area (Å²) in [7, 11) is 4.07. The van der Waals surface area contributed by atoms with Crippen LogP contribution in [0.25, 0.3) is 0 Å². The molecule has 2 aromatic rings. The first-order valence-electron chi connectivity index (χ1n) is 9.04. The van der Waals surface area contributed by atoms with E-state index in [4.69, 9.17) is 10.5 Å². The van der Waals surface area contributed by atoms with E-state index in [2.05, 4.69) is 28.9 Å². The van der Waals surface area contributed by atoms with E-state index >= 15 is 0 Å². The quantitative estimate of drug-likeness (QED) is 0.495. The Morgan fingerprint density at radius 3 is 2.70 bits per heavy atom. The second kappa shape index (κ2) is 7.84. The number of hydrogen-bond donors (Lipinski definition) is 1. The number of benzene rings is 2. The zero-order valence-corrected chi connectivity index (χ0v) is 16.0. The lowest BCUT2D eigenvalue weighted by molar-refractivity contribution is -0.383. The third-order valence-corrected chi connectivity index (χ3v) is 4.97. The average Bonchev–Trinajstić information content (AvgIpc) is 2.63. The number of nitrogens with two attached hydrogens (primary N) is 1. The number of nitro groups is 1. The van der Waals surface area contributed by atoms with Gasteiger partial charge >= 0.3 is 0 Å². The van der Waals surface area contributed by atoms with Crippen molar-refractivity contribution in [3.05, 3.63) is 58.1 Å². The van der Waals surface area contributed by atoms with Gasteiger partial charge in [-0.05, 0) is 30.7 Å². The molecule has 0 aliphatic carbocycles. The molecule has 1 fully saturated rings.